The van der Waals surface area contributed by atoms with Crippen LogP contribution in [0.25, 0.3) is 0 Å². The average molecular weight is 252 g/mol. The van der Waals surface area contributed by atoms with Crippen LogP contribution in [0, 0.1) is 12.3 Å². The van der Waals surface area contributed by atoms with Crippen molar-refractivity contribution in [2.75, 3.05) is 46.5 Å². The maximum Gasteiger partial charge on any atom is 0.106 e. The van der Waals surface area contributed by atoms with E-state index in [1.165, 1.54) is 12.8 Å². The van der Waals surface area contributed by atoms with Gasteiger partial charge in [-0.3, -0.25) is 4.90 Å². The molecule has 0 radical (unpaired) electrons. The summed E-state index contributed by atoms with van der Waals surface area (Å²) in [6.45, 7) is 5.39. The number of likely N-dealkylation sites (tertiary alicyclic amines) is 1. The van der Waals surface area contributed by atoms with Gasteiger partial charge in [-0.15, -0.1) is 6.42 Å². The molecule has 4 heteroatoms. The number of methoxy groups -OCH3 is 1. The molecular weight excluding hydrogens is 228 g/mol. The molecule has 2 saturated heterocycles. The lowest BCUT2D eigenvalue weighted by Gasteiger charge is -2.34. The standard InChI is InChI=1S/C14H24N2O2/c1-3-7-16-8-4-13(5-9-16)15-11-14(17-2)6-10-18-12-14/h1,13,15H,4-12H2,2H3. The molecular formula is C14H24N2O2. The Hall–Kier alpha value is -0.600. The van der Waals surface area contributed by atoms with E-state index >= 15 is 0 Å². The molecule has 1 N–H and O–H groups in total. The summed E-state index contributed by atoms with van der Waals surface area (Å²) in [5.74, 6) is 2.71. The van der Waals surface area contributed by atoms with E-state index in [0.717, 1.165) is 39.2 Å². The normalized spacial score (nSPS) is 30.4. The van der Waals surface area contributed by atoms with Crippen molar-refractivity contribution in [3.05, 3.63) is 0 Å². The number of hydrogen-bond acceptors (Lipinski definition) is 4. The van der Waals surface area contributed by atoms with Gasteiger partial charge in [-0.05, 0) is 12.8 Å². The zero-order valence-electron chi connectivity index (χ0n) is 11.3. The van der Waals surface area contributed by atoms with Crippen LogP contribution in [0.2, 0.25) is 0 Å². The molecule has 0 aromatic rings. The molecule has 2 aliphatic rings. The lowest BCUT2D eigenvalue weighted by atomic mass is 10.00. The molecule has 2 aliphatic heterocycles. The van der Waals surface area contributed by atoms with Gasteiger partial charge in [0.2, 0.25) is 0 Å². The molecule has 2 fully saturated rings. The Morgan fingerprint density at radius 1 is 1.50 bits per heavy atom. The van der Waals surface area contributed by atoms with E-state index in [-0.39, 0.29) is 5.60 Å². The lowest BCUT2D eigenvalue weighted by Crippen LogP contribution is -2.49. The molecule has 102 valence electrons. The number of hydrogen-bond donors (Lipinski definition) is 1. The molecule has 2 heterocycles. The van der Waals surface area contributed by atoms with Crippen LogP contribution in [0.5, 0.6) is 0 Å². The van der Waals surface area contributed by atoms with Crippen LogP contribution in [0.3, 0.4) is 0 Å². The number of ether oxygens (including phenoxy) is 2. The van der Waals surface area contributed by atoms with Crippen molar-refractivity contribution in [2.24, 2.45) is 0 Å². The first-order chi connectivity index (χ1) is 8.78. The monoisotopic (exact) mass is 252 g/mol. The van der Waals surface area contributed by atoms with Gasteiger partial charge < -0.3 is 14.8 Å². The number of terminal acetylenes is 1. The molecule has 0 aromatic carbocycles. The molecule has 0 spiro atoms. The van der Waals surface area contributed by atoms with Crippen molar-refractivity contribution in [1.29, 1.82) is 0 Å². The number of nitrogens with one attached hydrogen (secondary N) is 1. The van der Waals surface area contributed by atoms with Gasteiger partial charge in [0.1, 0.15) is 5.60 Å². The fraction of sp³-hybridized carbons (Fsp3) is 0.857. The maximum absolute atomic E-state index is 5.63. The average Bonchev–Trinajstić information content (AvgIpc) is 2.88. The van der Waals surface area contributed by atoms with Crippen molar-refractivity contribution in [3.8, 4) is 12.3 Å². The number of nitrogens with zero attached hydrogens (tertiary/aromatic N) is 1. The molecule has 0 amide bonds. The molecule has 0 bridgehead atoms. The minimum atomic E-state index is -0.101. The Labute approximate surface area is 110 Å². The fourth-order valence-electron chi connectivity index (χ4n) is 2.72. The summed E-state index contributed by atoms with van der Waals surface area (Å²) >= 11 is 0. The summed E-state index contributed by atoms with van der Waals surface area (Å²) in [5.41, 5.74) is -0.101. The van der Waals surface area contributed by atoms with E-state index in [1.807, 2.05) is 0 Å². The summed E-state index contributed by atoms with van der Waals surface area (Å²) in [6, 6.07) is 0.589. The first kappa shape index (κ1) is 13.8. The zero-order chi connectivity index (χ0) is 12.8. The topological polar surface area (TPSA) is 33.7 Å². The Morgan fingerprint density at radius 3 is 2.83 bits per heavy atom. The highest BCUT2D eigenvalue weighted by Gasteiger charge is 2.35. The highest BCUT2D eigenvalue weighted by Crippen LogP contribution is 2.22. The van der Waals surface area contributed by atoms with E-state index in [4.69, 9.17) is 15.9 Å². The van der Waals surface area contributed by atoms with Crippen LogP contribution in [-0.2, 0) is 9.47 Å². The van der Waals surface area contributed by atoms with Crippen molar-refractivity contribution >= 4 is 0 Å². The van der Waals surface area contributed by atoms with Gasteiger partial charge in [0.25, 0.3) is 0 Å². The zero-order valence-corrected chi connectivity index (χ0v) is 11.3. The summed E-state index contributed by atoms with van der Waals surface area (Å²) < 4.78 is 11.1. The summed E-state index contributed by atoms with van der Waals surface area (Å²) in [4.78, 5) is 2.34. The summed E-state index contributed by atoms with van der Waals surface area (Å²) in [6.07, 6.45) is 8.66. The quantitative estimate of drug-likeness (QED) is 0.722. The van der Waals surface area contributed by atoms with Gasteiger partial charge in [-0.1, -0.05) is 5.92 Å². The Kier molecular flexibility index (Phi) is 5.02. The Morgan fingerprint density at radius 2 is 2.28 bits per heavy atom. The van der Waals surface area contributed by atoms with Crippen LogP contribution in [0.4, 0.5) is 0 Å². The predicted octanol–water partition coefficient (Wildman–Crippen LogP) is 0.479. The highest BCUT2D eigenvalue weighted by atomic mass is 16.5. The van der Waals surface area contributed by atoms with Crippen LogP contribution < -0.4 is 5.32 Å². The molecule has 18 heavy (non-hydrogen) atoms. The summed E-state index contributed by atoms with van der Waals surface area (Å²) in [5, 5.41) is 3.63. The Bertz CT molecular complexity index is 287. The molecule has 1 atom stereocenters. The van der Waals surface area contributed by atoms with Gasteiger partial charge in [0.05, 0.1) is 13.2 Å². The molecule has 0 aromatic heterocycles. The highest BCUT2D eigenvalue weighted by molar-refractivity contribution is 4.92. The van der Waals surface area contributed by atoms with Crippen molar-refractivity contribution in [2.45, 2.75) is 30.9 Å². The second-order valence-electron chi connectivity index (χ2n) is 5.33. The largest absolute Gasteiger partial charge is 0.378 e. The van der Waals surface area contributed by atoms with Gasteiger partial charge in [-0.25, -0.2) is 0 Å². The minimum absolute atomic E-state index is 0.101. The van der Waals surface area contributed by atoms with Crippen molar-refractivity contribution in [3.63, 3.8) is 0 Å². The molecule has 4 nitrogen and oxygen atoms in total. The predicted molar refractivity (Wildman–Crippen MR) is 71.5 cm³/mol. The molecule has 2 rings (SSSR count). The molecule has 0 saturated carbocycles. The molecule has 0 aliphatic carbocycles. The van der Waals surface area contributed by atoms with Gasteiger partial charge in [-0.2, -0.15) is 0 Å². The Balaban J connectivity index is 1.70. The minimum Gasteiger partial charge on any atom is -0.378 e. The van der Waals surface area contributed by atoms with Crippen LogP contribution in [0.15, 0.2) is 0 Å². The maximum atomic E-state index is 5.63. The van der Waals surface area contributed by atoms with Crippen molar-refractivity contribution < 1.29 is 9.47 Å². The number of rotatable bonds is 5. The van der Waals surface area contributed by atoms with E-state index < -0.39 is 0 Å². The first-order valence-electron chi connectivity index (χ1n) is 6.80. The third-order valence-corrected chi connectivity index (χ3v) is 4.12. The number of piperidine rings is 1. The first-order valence-corrected chi connectivity index (χ1v) is 6.80. The van der Waals surface area contributed by atoms with E-state index in [2.05, 4.69) is 16.1 Å². The third-order valence-electron chi connectivity index (χ3n) is 4.12. The van der Waals surface area contributed by atoms with Crippen LogP contribution in [0.1, 0.15) is 19.3 Å². The van der Waals surface area contributed by atoms with Gasteiger partial charge >= 0.3 is 0 Å². The fourth-order valence-corrected chi connectivity index (χ4v) is 2.72. The third kappa shape index (κ3) is 3.46. The van der Waals surface area contributed by atoms with E-state index in [1.54, 1.807) is 7.11 Å². The van der Waals surface area contributed by atoms with Gasteiger partial charge in [0, 0.05) is 45.8 Å². The molecule has 1 unspecified atom stereocenters. The second kappa shape index (κ2) is 6.53. The van der Waals surface area contributed by atoms with Crippen molar-refractivity contribution in [1.82, 2.24) is 10.2 Å². The van der Waals surface area contributed by atoms with E-state index in [9.17, 15) is 0 Å². The van der Waals surface area contributed by atoms with Crippen LogP contribution >= 0.6 is 0 Å². The van der Waals surface area contributed by atoms with Gasteiger partial charge in [0.15, 0.2) is 0 Å². The van der Waals surface area contributed by atoms with E-state index in [0.29, 0.717) is 12.6 Å². The second-order valence-corrected chi connectivity index (χ2v) is 5.33. The lowest BCUT2D eigenvalue weighted by molar-refractivity contribution is -0.0187. The smallest absolute Gasteiger partial charge is 0.106 e. The summed E-state index contributed by atoms with van der Waals surface area (Å²) in [7, 11) is 1.78. The SMILES string of the molecule is C#CCN1CCC(NCC2(OC)CCOC2)CC1. The van der Waals surface area contributed by atoms with Crippen LogP contribution in [-0.4, -0.2) is 63.0 Å².